The van der Waals surface area contributed by atoms with Crippen LogP contribution in [-0.2, 0) is 0 Å². The van der Waals surface area contributed by atoms with Crippen molar-refractivity contribution in [3.63, 3.8) is 0 Å². The van der Waals surface area contributed by atoms with E-state index in [-0.39, 0.29) is 0 Å². The number of para-hydroxylation sites is 1. The molecule has 0 radical (unpaired) electrons. The average molecular weight is 352 g/mol. The summed E-state index contributed by atoms with van der Waals surface area (Å²) in [6, 6.07) is 7.72. The number of benzene rings is 1. The molecule has 0 aliphatic rings. The van der Waals surface area contributed by atoms with E-state index < -0.39 is 7.81 Å². The first-order valence-electron chi connectivity index (χ1n) is 5.82. The van der Waals surface area contributed by atoms with E-state index in [0.717, 1.165) is 11.0 Å². The third-order valence-corrected chi connectivity index (χ3v) is 1.89. The van der Waals surface area contributed by atoms with Crippen LogP contribution >= 0.6 is 7.81 Å². The first-order chi connectivity index (χ1) is 9.51. The monoisotopic (exact) mass is 352 g/mol. The van der Waals surface area contributed by atoms with Crippen molar-refractivity contribution in [1.82, 2.24) is 15.2 Å². The van der Waals surface area contributed by atoms with Gasteiger partial charge in [-0.3, -0.25) is 4.48 Å². The zero-order valence-electron chi connectivity index (χ0n) is 11.9. The van der Waals surface area contributed by atoms with Gasteiger partial charge in [-0.1, -0.05) is 17.0 Å². The van der Waals surface area contributed by atoms with E-state index in [1.54, 1.807) is 0 Å². The molecular formula is C10H15F6N4OP. The fourth-order valence-electron chi connectivity index (χ4n) is 1.17. The van der Waals surface area contributed by atoms with Crippen LogP contribution in [0.1, 0.15) is 0 Å². The summed E-state index contributed by atoms with van der Waals surface area (Å²) in [5.41, 5.74) is 1.74. The number of hydrogen-bond donors (Lipinski definition) is 0. The van der Waals surface area contributed by atoms with Crippen LogP contribution in [0.4, 0.5) is 25.2 Å². The molecule has 0 bridgehead atoms. The van der Waals surface area contributed by atoms with Gasteiger partial charge in [-0.15, -0.1) is 5.10 Å². The Labute approximate surface area is 121 Å². The summed E-state index contributed by atoms with van der Waals surface area (Å²) in [5, 5.41) is 7.93. The SMILES string of the molecule is C[N+](C)(C)COn1nnc2ccccc21.F[P-](F)(F)(F)(F)F. The Bertz CT molecular complexity index is 637. The van der Waals surface area contributed by atoms with E-state index in [4.69, 9.17) is 4.84 Å². The first-order valence-corrected chi connectivity index (χ1v) is 7.85. The van der Waals surface area contributed by atoms with Gasteiger partial charge < -0.3 is 4.84 Å². The molecule has 0 aliphatic carbocycles. The maximum atomic E-state index is 9.87. The van der Waals surface area contributed by atoms with E-state index >= 15 is 0 Å². The second-order valence-electron chi connectivity index (χ2n) is 5.46. The molecule has 0 N–H and O–H groups in total. The first kappa shape index (κ1) is 18.4. The van der Waals surface area contributed by atoms with Crippen molar-refractivity contribution in [2.75, 3.05) is 27.9 Å². The quantitative estimate of drug-likeness (QED) is 0.364. The van der Waals surface area contributed by atoms with Gasteiger partial charge >= 0.3 is 33.0 Å². The maximum absolute atomic E-state index is 10.7. The second-order valence-corrected chi connectivity index (χ2v) is 7.37. The molecule has 0 amide bonds. The molecule has 0 saturated heterocycles. The Morgan fingerprint density at radius 2 is 1.55 bits per heavy atom. The molecule has 1 aromatic heterocycles. The third kappa shape index (κ3) is 9.35. The van der Waals surface area contributed by atoms with Crippen LogP contribution in [-0.4, -0.2) is 47.5 Å². The van der Waals surface area contributed by atoms with Crippen LogP contribution in [0.25, 0.3) is 11.0 Å². The molecule has 22 heavy (non-hydrogen) atoms. The van der Waals surface area contributed by atoms with E-state index in [9.17, 15) is 25.2 Å². The van der Waals surface area contributed by atoms with E-state index in [1.807, 2.05) is 24.3 Å². The fourth-order valence-corrected chi connectivity index (χ4v) is 1.17. The predicted octanol–water partition coefficient (Wildman–Crippen LogP) is 3.91. The van der Waals surface area contributed by atoms with Crippen LogP contribution in [0.2, 0.25) is 0 Å². The van der Waals surface area contributed by atoms with Crippen molar-refractivity contribution < 1.29 is 34.5 Å². The molecular weight excluding hydrogens is 337 g/mol. The van der Waals surface area contributed by atoms with Gasteiger partial charge in [-0.2, -0.15) is 0 Å². The number of quaternary nitrogens is 1. The van der Waals surface area contributed by atoms with Crippen molar-refractivity contribution in [2.24, 2.45) is 0 Å². The summed E-state index contributed by atoms with van der Waals surface area (Å²) >= 11 is 0. The standard InChI is InChI=1S/C10H15N4O.F6P/c1-14(2,3)8-15-13-10-7-5-4-6-9(10)11-12-13;1-7(2,3,4,5)6/h4-7H,8H2,1-3H3;/q+1;-1. The van der Waals surface area contributed by atoms with E-state index in [1.165, 1.54) is 4.85 Å². The van der Waals surface area contributed by atoms with Gasteiger partial charge in [-0.05, 0) is 17.3 Å². The summed E-state index contributed by atoms with van der Waals surface area (Å²) in [5.74, 6) is 0. The Kier molecular flexibility index (Phi) is 4.15. The predicted molar refractivity (Wildman–Crippen MR) is 70.6 cm³/mol. The van der Waals surface area contributed by atoms with E-state index in [2.05, 4.69) is 31.5 Å². The minimum absolute atomic E-state index is 0.549. The van der Waals surface area contributed by atoms with Crippen molar-refractivity contribution in [1.29, 1.82) is 0 Å². The van der Waals surface area contributed by atoms with Crippen LogP contribution in [0.15, 0.2) is 24.3 Å². The zero-order valence-corrected chi connectivity index (χ0v) is 12.8. The molecule has 0 fully saturated rings. The van der Waals surface area contributed by atoms with Crippen LogP contribution in [0.5, 0.6) is 0 Å². The summed E-state index contributed by atoms with van der Waals surface area (Å²) in [7, 11) is -4.49. The molecule has 0 atom stereocenters. The number of rotatable bonds is 3. The number of hydrogen-bond acceptors (Lipinski definition) is 3. The molecule has 2 rings (SSSR count). The van der Waals surface area contributed by atoms with Gasteiger partial charge in [0, 0.05) is 0 Å². The molecule has 0 saturated carbocycles. The van der Waals surface area contributed by atoms with E-state index in [0.29, 0.717) is 11.2 Å². The number of aromatic nitrogens is 3. The molecule has 0 unspecified atom stereocenters. The van der Waals surface area contributed by atoms with Crippen LogP contribution in [0.3, 0.4) is 0 Å². The third-order valence-electron chi connectivity index (χ3n) is 1.89. The molecule has 1 heterocycles. The molecule has 0 aliphatic heterocycles. The van der Waals surface area contributed by atoms with Gasteiger partial charge in [0.25, 0.3) is 0 Å². The Balaban J connectivity index is 0.000000295. The molecule has 0 spiro atoms. The molecule has 1 aromatic carbocycles. The van der Waals surface area contributed by atoms with Crippen LogP contribution < -0.4 is 4.84 Å². The topological polar surface area (TPSA) is 39.9 Å². The average Bonchev–Trinajstić information content (AvgIpc) is 2.64. The summed E-state index contributed by atoms with van der Waals surface area (Å²) < 4.78 is 59.9. The fraction of sp³-hybridized carbons (Fsp3) is 0.400. The van der Waals surface area contributed by atoms with Crippen molar-refractivity contribution >= 4 is 18.8 Å². The van der Waals surface area contributed by atoms with Gasteiger partial charge in [0.2, 0.25) is 6.73 Å². The molecule has 128 valence electrons. The van der Waals surface area contributed by atoms with Gasteiger partial charge in [0.15, 0.2) is 0 Å². The Morgan fingerprint density at radius 1 is 1.05 bits per heavy atom. The molecule has 5 nitrogen and oxygen atoms in total. The molecule has 12 heteroatoms. The summed E-state index contributed by atoms with van der Waals surface area (Å²) in [6.07, 6.45) is 0. The normalized spacial score (nSPS) is 15.5. The molecule has 2 aromatic rings. The van der Waals surface area contributed by atoms with Crippen molar-refractivity contribution in [3.8, 4) is 0 Å². The number of fused-ring (bicyclic) bond motifs is 1. The summed E-state index contributed by atoms with van der Waals surface area (Å²) in [4.78, 5) is 7.01. The van der Waals surface area contributed by atoms with Gasteiger partial charge in [0.1, 0.15) is 11.0 Å². The number of nitrogens with zero attached hydrogens (tertiary/aromatic N) is 4. The second kappa shape index (κ2) is 4.95. The van der Waals surface area contributed by atoms with Crippen molar-refractivity contribution in [2.45, 2.75) is 0 Å². The summed E-state index contributed by atoms with van der Waals surface area (Å²) in [6.45, 7) is 0.549. The number of halogens is 6. The van der Waals surface area contributed by atoms with Gasteiger partial charge in [-0.25, -0.2) is 0 Å². The van der Waals surface area contributed by atoms with Gasteiger partial charge in [0.05, 0.1) is 21.1 Å². The Hall–Kier alpha value is -1.61. The zero-order chi connectivity index (χ0) is 17.3. The van der Waals surface area contributed by atoms with Crippen molar-refractivity contribution in [3.05, 3.63) is 24.3 Å². The minimum atomic E-state index is -10.7. The van der Waals surface area contributed by atoms with Crippen LogP contribution in [0, 0.1) is 0 Å². The Morgan fingerprint density at radius 3 is 2.05 bits per heavy atom.